The van der Waals surface area contributed by atoms with Crippen LogP contribution in [0.1, 0.15) is 0 Å². The molecule has 0 aliphatic carbocycles. The van der Waals surface area contributed by atoms with Crippen molar-refractivity contribution in [1.82, 2.24) is 5.32 Å². The predicted octanol–water partition coefficient (Wildman–Crippen LogP) is -0.112. The molecule has 1 rings (SSSR count). The molecule has 0 aromatic heterocycles. The van der Waals surface area contributed by atoms with Crippen LogP contribution in [0.3, 0.4) is 0 Å². The number of nitrogens with one attached hydrogen (secondary N) is 1. The minimum absolute atomic E-state index is 0.331. The zero-order chi connectivity index (χ0) is 6.69. The van der Waals surface area contributed by atoms with E-state index < -0.39 is 5.78 Å². The second-order valence-electron chi connectivity index (χ2n) is 1.51. The van der Waals surface area contributed by atoms with Crippen LogP contribution in [0, 0.1) is 0 Å². The van der Waals surface area contributed by atoms with Crippen molar-refractivity contribution in [3.05, 3.63) is 11.6 Å². The van der Waals surface area contributed by atoms with E-state index in [0.717, 1.165) is 0 Å². The van der Waals surface area contributed by atoms with Gasteiger partial charge in [0.05, 0.1) is 0 Å². The Morgan fingerprint density at radius 2 is 2.56 bits per heavy atom. The van der Waals surface area contributed by atoms with Crippen molar-refractivity contribution < 1.29 is 9.59 Å². The Morgan fingerprint density at radius 1 is 1.78 bits per heavy atom. The van der Waals surface area contributed by atoms with Crippen molar-refractivity contribution in [2.24, 2.45) is 0 Å². The van der Waals surface area contributed by atoms with Gasteiger partial charge in [-0.25, -0.2) is 0 Å². The monoisotopic (exact) mass is 143 g/mol. The van der Waals surface area contributed by atoms with E-state index in [-0.39, 0.29) is 5.37 Å². The SMILES string of the molecule is O=CC(=O)C1NC=CS1. The second-order valence-corrected chi connectivity index (χ2v) is 2.52. The van der Waals surface area contributed by atoms with Gasteiger partial charge in [-0.2, -0.15) is 0 Å². The first-order valence-corrected chi connectivity index (χ1v) is 3.34. The summed E-state index contributed by atoms with van der Waals surface area (Å²) in [5.41, 5.74) is 0. The number of aldehydes is 1. The van der Waals surface area contributed by atoms with E-state index >= 15 is 0 Å². The molecule has 1 N–H and O–H groups in total. The quantitative estimate of drug-likeness (QED) is 0.432. The molecule has 0 spiro atoms. The summed E-state index contributed by atoms with van der Waals surface area (Å²) in [6.45, 7) is 0. The minimum atomic E-state index is -0.412. The van der Waals surface area contributed by atoms with Gasteiger partial charge in [-0.05, 0) is 5.41 Å². The number of hydrogen-bond donors (Lipinski definition) is 1. The lowest BCUT2D eigenvalue weighted by Crippen LogP contribution is -2.27. The lowest BCUT2D eigenvalue weighted by molar-refractivity contribution is -0.129. The first-order valence-electron chi connectivity index (χ1n) is 2.40. The fourth-order valence-electron chi connectivity index (χ4n) is 0.495. The molecule has 3 nitrogen and oxygen atoms in total. The summed E-state index contributed by atoms with van der Waals surface area (Å²) >= 11 is 1.30. The predicted molar refractivity (Wildman–Crippen MR) is 34.7 cm³/mol. The van der Waals surface area contributed by atoms with Gasteiger partial charge in [-0.1, -0.05) is 11.8 Å². The molecule has 0 saturated carbocycles. The molecule has 0 fully saturated rings. The van der Waals surface area contributed by atoms with E-state index in [9.17, 15) is 9.59 Å². The first kappa shape index (κ1) is 6.35. The van der Waals surface area contributed by atoms with E-state index in [4.69, 9.17) is 0 Å². The molecule has 0 aromatic carbocycles. The average molecular weight is 143 g/mol. The Kier molecular flexibility index (Phi) is 1.89. The summed E-state index contributed by atoms with van der Waals surface area (Å²) in [7, 11) is 0. The molecule has 1 unspecified atom stereocenters. The Morgan fingerprint density at radius 3 is 3.00 bits per heavy atom. The van der Waals surface area contributed by atoms with Crippen molar-refractivity contribution in [3.63, 3.8) is 0 Å². The molecular formula is C5H5NO2S. The van der Waals surface area contributed by atoms with Crippen molar-refractivity contribution in [2.75, 3.05) is 0 Å². The average Bonchev–Trinajstić information content (AvgIpc) is 2.37. The van der Waals surface area contributed by atoms with E-state index in [1.54, 1.807) is 11.6 Å². The van der Waals surface area contributed by atoms with E-state index in [1.807, 2.05) is 0 Å². The third-order valence-electron chi connectivity index (χ3n) is 0.905. The molecule has 0 bridgehead atoms. The number of Topliss-reactive ketones (excluding diaryl/α,β-unsaturated/α-hetero) is 1. The van der Waals surface area contributed by atoms with Crippen molar-refractivity contribution in [3.8, 4) is 0 Å². The highest BCUT2D eigenvalue weighted by Crippen LogP contribution is 2.14. The Hall–Kier alpha value is -0.770. The zero-order valence-corrected chi connectivity index (χ0v) is 5.35. The fourth-order valence-corrected chi connectivity index (χ4v) is 1.16. The minimum Gasteiger partial charge on any atom is -0.372 e. The van der Waals surface area contributed by atoms with Gasteiger partial charge < -0.3 is 5.32 Å². The van der Waals surface area contributed by atoms with Gasteiger partial charge in [0.1, 0.15) is 5.37 Å². The number of rotatable bonds is 2. The standard InChI is InChI=1S/C5H5NO2S/c7-3-4(8)5-6-1-2-9-5/h1-3,5-6H. The summed E-state index contributed by atoms with van der Waals surface area (Å²) < 4.78 is 0. The van der Waals surface area contributed by atoms with E-state index in [2.05, 4.69) is 5.32 Å². The summed E-state index contributed by atoms with van der Waals surface area (Å²) in [4.78, 5) is 20.4. The molecule has 0 amide bonds. The number of carbonyl (C=O) groups excluding carboxylic acids is 2. The van der Waals surface area contributed by atoms with Gasteiger partial charge in [-0.3, -0.25) is 9.59 Å². The van der Waals surface area contributed by atoms with Crippen LogP contribution in [0.5, 0.6) is 0 Å². The maximum Gasteiger partial charge on any atom is 0.227 e. The third-order valence-corrected chi connectivity index (χ3v) is 1.84. The van der Waals surface area contributed by atoms with E-state index in [1.165, 1.54) is 11.8 Å². The van der Waals surface area contributed by atoms with Crippen molar-refractivity contribution >= 4 is 23.8 Å². The van der Waals surface area contributed by atoms with Gasteiger partial charge >= 0.3 is 0 Å². The van der Waals surface area contributed by atoms with Gasteiger partial charge in [0.15, 0.2) is 6.29 Å². The number of hydrogen-bond acceptors (Lipinski definition) is 4. The highest BCUT2D eigenvalue weighted by atomic mass is 32.2. The molecule has 0 aromatic rings. The molecule has 1 aliphatic heterocycles. The number of thioether (sulfide) groups is 1. The summed E-state index contributed by atoms with van der Waals surface area (Å²) in [6, 6.07) is 0. The fraction of sp³-hybridized carbons (Fsp3) is 0.200. The molecule has 1 atom stereocenters. The van der Waals surface area contributed by atoms with Crippen LogP contribution < -0.4 is 5.32 Å². The normalized spacial score (nSPS) is 23.3. The van der Waals surface area contributed by atoms with Crippen molar-refractivity contribution in [2.45, 2.75) is 5.37 Å². The van der Waals surface area contributed by atoms with Gasteiger partial charge in [0, 0.05) is 6.20 Å². The van der Waals surface area contributed by atoms with Crippen LogP contribution >= 0.6 is 11.8 Å². The largest absolute Gasteiger partial charge is 0.372 e. The molecule has 4 heteroatoms. The molecule has 1 aliphatic rings. The molecule has 1 heterocycles. The molecule has 9 heavy (non-hydrogen) atoms. The summed E-state index contributed by atoms with van der Waals surface area (Å²) in [5.74, 6) is -0.412. The smallest absolute Gasteiger partial charge is 0.227 e. The van der Waals surface area contributed by atoms with Gasteiger partial charge in [0.2, 0.25) is 5.78 Å². The Labute approximate surface area is 56.5 Å². The van der Waals surface area contributed by atoms with Crippen LogP contribution in [-0.2, 0) is 9.59 Å². The number of ketones is 1. The van der Waals surface area contributed by atoms with Crippen LogP contribution in [0.25, 0.3) is 0 Å². The van der Waals surface area contributed by atoms with Crippen LogP contribution in [-0.4, -0.2) is 17.4 Å². The third kappa shape index (κ3) is 1.32. The summed E-state index contributed by atoms with van der Waals surface area (Å²) in [6.07, 6.45) is 1.98. The van der Waals surface area contributed by atoms with E-state index in [0.29, 0.717) is 6.29 Å². The van der Waals surface area contributed by atoms with Gasteiger partial charge in [0.25, 0.3) is 0 Å². The Bertz CT molecular complexity index is 158. The maximum atomic E-state index is 10.5. The zero-order valence-electron chi connectivity index (χ0n) is 4.53. The van der Waals surface area contributed by atoms with Crippen LogP contribution in [0.15, 0.2) is 11.6 Å². The lowest BCUT2D eigenvalue weighted by atomic mass is 10.4. The molecule has 0 radical (unpaired) electrons. The van der Waals surface area contributed by atoms with Crippen LogP contribution in [0.4, 0.5) is 0 Å². The molecule has 0 saturated heterocycles. The highest BCUT2D eigenvalue weighted by Gasteiger charge is 2.17. The lowest BCUT2D eigenvalue weighted by Gasteiger charge is -2.01. The van der Waals surface area contributed by atoms with Crippen molar-refractivity contribution in [1.29, 1.82) is 0 Å². The second kappa shape index (κ2) is 2.68. The first-order chi connectivity index (χ1) is 4.34. The molecular weight excluding hydrogens is 138 g/mol. The van der Waals surface area contributed by atoms with Crippen LogP contribution in [0.2, 0.25) is 0 Å². The van der Waals surface area contributed by atoms with Gasteiger partial charge in [-0.15, -0.1) is 0 Å². The topological polar surface area (TPSA) is 46.2 Å². The summed E-state index contributed by atoms with van der Waals surface area (Å²) in [5, 5.41) is 4.08. The molecule has 48 valence electrons. The highest BCUT2D eigenvalue weighted by molar-refractivity contribution is 8.03. The Balaban J connectivity index is 2.45. The number of carbonyl (C=O) groups is 2. The maximum absolute atomic E-state index is 10.5.